The van der Waals surface area contributed by atoms with Gasteiger partial charge in [-0.05, 0) is 24.1 Å². The first-order valence-corrected chi connectivity index (χ1v) is 6.65. The van der Waals surface area contributed by atoms with Crippen molar-refractivity contribution in [3.8, 4) is 0 Å². The van der Waals surface area contributed by atoms with Crippen molar-refractivity contribution in [2.45, 2.75) is 26.7 Å². The summed E-state index contributed by atoms with van der Waals surface area (Å²) in [6, 6.07) is 5.17. The Kier molecular flexibility index (Phi) is 4.08. The number of carbonyl (C=O) groups excluding carboxylic acids is 1. The van der Waals surface area contributed by atoms with E-state index >= 15 is 0 Å². The Morgan fingerprint density at radius 2 is 2.15 bits per heavy atom. The van der Waals surface area contributed by atoms with Gasteiger partial charge in [-0.3, -0.25) is 4.79 Å². The molecule has 0 saturated heterocycles. The Hall–Kier alpha value is -2.30. The van der Waals surface area contributed by atoms with Crippen LogP contribution in [-0.2, 0) is 4.79 Å². The summed E-state index contributed by atoms with van der Waals surface area (Å²) in [5.41, 5.74) is 1.60. The van der Waals surface area contributed by atoms with Crippen molar-refractivity contribution in [2.75, 3.05) is 5.32 Å². The standard InChI is InChI=1S/C15H18N2O3/c1-3-9(2)6-14(18)17-10-4-5-11-12(15(19)20)8-16-13(11)7-10/h4-5,7-9,16H,3,6H2,1-2H3,(H,17,18)(H,19,20). The van der Waals surface area contributed by atoms with Gasteiger partial charge in [-0.1, -0.05) is 20.3 Å². The molecular formula is C15H18N2O3. The van der Waals surface area contributed by atoms with Crippen LogP contribution in [0.2, 0.25) is 0 Å². The molecule has 1 aromatic carbocycles. The molecule has 0 aliphatic heterocycles. The number of benzene rings is 1. The highest BCUT2D eigenvalue weighted by atomic mass is 16.4. The number of rotatable bonds is 5. The number of fused-ring (bicyclic) bond motifs is 1. The van der Waals surface area contributed by atoms with E-state index in [-0.39, 0.29) is 11.5 Å². The van der Waals surface area contributed by atoms with E-state index < -0.39 is 5.97 Å². The number of amides is 1. The number of aromatic carboxylic acids is 1. The van der Waals surface area contributed by atoms with Gasteiger partial charge in [0.25, 0.3) is 0 Å². The van der Waals surface area contributed by atoms with Crippen LogP contribution in [-0.4, -0.2) is 22.0 Å². The number of aromatic nitrogens is 1. The topological polar surface area (TPSA) is 82.2 Å². The Labute approximate surface area is 117 Å². The molecule has 3 N–H and O–H groups in total. The average Bonchev–Trinajstić information content (AvgIpc) is 2.81. The fraction of sp³-hybridized carbons (Fsp3) is 0.333. The lowest BCUT2D eigenvalue weighted by molar-refractivity contribution is -0.117. The summed E-state index contributed by atoms with van der Waals surface area (Å²) in [5, 5.41) is 12.5. The van der Waals surface area contributed by atoms with E-state index in [4.69, 9.17) is 5.11 Å². The Morgan fingerprint density at radius 3 is 2.80 bits per heavy atom. The van der Waals surface area contributed by atoms with Crippen LogP contribution < -0.4 is 5.32 Å². The summed E-state index contributed by atoms with van der Waals surface area (Å²) < 4.78 is 0. The smallest absolute Gasteiger partial charge is 0.337 e. The highest BCUT2D eigenvalue weighted by molar-refractivity contribution is 6.04. The first-order chi connectivity index (χ1) is 9.51. The van der Waals surface area contributed by atoms with Crippen molar-refractivity contribution >= 4 is 28.5 Å². The van der Waals surface area contributed by atoms with Crippen LogP contribution in [0.5, 0.6) is 0 Å². The molecule has 1 atom stereocenters. The fourth-order valence-corrected chi connectivity index (χ4v) is 2.05. The molecule has 1 unspecified atom stereocenters. The van der Waals surface area contributed by atoms with Crippen LogP contribution in [0.25, 0.3) is 10.9 Å². The third kappa shape index (κ3) is 2.99. The van der Waals surface area contributed by atoms with Gasteiger partial charge in [-0.15, -0.1) is 0 Å². The average molecular weight is 274 g/mol. The SMILES string of the molecule is CCC(C)CC(=O)Nc1ccc2c(C(=O)O)c[nH]c2c1. The van der Waals surface area contributed by atoms with Crippen molar-refractivity contribution in [3.05, 3.63) is 30.0 Å². The second kappa shape index (κ2) is 5.77. The second-order valence-electron chi connectivity index (χ2n) is 5.03. The zero-order valence-corrected chi connectivity index (χ0v) is 11.6. The second-order valence-corrected chi connectivity index (χ2v) is 5.03. The molecule has 0 spiro atoms. The third-order valence-corrected chi connectivity index (χ3v) is 3.43. The molecule has 1 amide bonds. The first-order valence-electron chi connectivity index (χ1n) is 6.65. The number of anilines is 1. The number of hydrogen-bond acceptors (Lipinski definition) is 2. The zero-order valence-electron chi connectivity index (χ0n) is 11.6. The maximum absolute atomic E-state index is 11.8. The monoisotopic (exact) mass is 274 g/mol. The normalized spacial score (nSPS) is 12.3. The number of hydrogen-bond donors (Lipinski definition) is 3. The molecule has 5 nitrogen and oxygen atoms in total. The van der Waals surface area contributed by atoms with Gasteiger partial charge in [0.05, 0.1) is 5.56 Å². The largest absolute Gasteiger partial charge is 0.478 e. The van der Waals surface area contributed by atoms with Crippen LogP contribution in [0.4, 0.5) is 5.69 Å². The number of H-pyrrole nitrogens is 1. The van der Waals surface area contributed by atoms with Crippen LogP contribution in [0.3, 0.4) is 0 Å². The van der Waals surface area contributed by atoms with E-state index in [9.17, 15) is 9.59 Å². The lowest BCUT2D eigenvalue weighted by Gasteiger charge is -2.09. The van der Waals surface area contributed by atoms with Crippen LogP contribution >= 0.6 is 0 Å². The van der Waals surface area contributed by atoms with Gasteiger partial charge >= 0.3 is 5.97 Å². The molecule has 20 heavy (non-hydrogen) atoms. The van der Waals surface area contributed by atoms with Gasteiger partial charge in [0.2, 0.25) is 5.91 Å². The third-order valence-electron chi connectivity index (χ3n) is 3.43. The van der Waals surface area contributed by atoms with Gasteiger partial charge in [0.1, 0.15) is 0 Å². The molecule has 5 heteroatoms. The summed E-state index contributed by atoms with van der Waals surface area (Å²) in [5.74, 6) is -0.642. The van der Waals surface area contributed by atoms with Crippen LogP contribution in [0.15, 0.2) is 24.4 Å². The summed E-state index contributed by atoms with van der Waals surface area (Å²) >= 11 is 0. The molecule has 0 bridgehead atoms. The zero-order chi connectivity index (χ0) is 14.7. The van der Waals surface area contributed by atoms with Crippen molar-refractivity contribution in [2.24, 2.45) is 5.92 Å². The predicted octanol–water partition coefficient (Wildman–Crippen LogP) is 3.24. The van der Waals surface area contributed by atoms with E-state index in [0.717, 1.165) is 6.42 Å². The molecule has 0 radical (unpaired) electrons. The molecule has 0 aliphatic carbocycles. The molecule has 0 aliphatic rings. The quantitative estimate of drug-likeness (QED) is 0.782. The number of carbonyl (C=O) groups is 2. The minimum atomic E-state index is -0.968. The van der Waals surface area contributed by atoms with E-state index in [1.165, 1.54) is 6.20 Å². The fourth-order valence-electron chi connectivity index (χ4n) is 2.05. The lowest BCUT2D eigenvalue weighted by Crippen LogP contribution is -2.14. The van der Waals surface area contributed by atoms with E-state index in [1.807, 2.05) is 6.92 Å². The van der Waals surface area contributed by atoms with Crippen molar-refractivity contribution < 1.29 is 14.7 Å². The minimum Gasteiger partial charge on any atom is -0.478 e. The van der Waals surface area contributed by atoms with Crippen molar-refractivity contribution in [3.63, 3.8) is 0 Å². The highest BCUT2D eigenvalue weighted by Crippen LogP contribution is 2.22. The molecule has 0 fully saturated rings. The van der Waals surface area contributed by atoms with Gasteiger partial charge in [-0.2, -0.15) is 0 Å². The van der Waals surface area contributed by atoms with Gasteiger partial charge in [0.15, 0.2) is 0 Å². The molecule has 1 heterocycles. The summed E-state index contributed by atoms with van der Waals surface area (Å²) in [4.78, 5) is 25.7. The van der Waals surface area contributed by atoms with Gasteiger partial charge in [0, 0.05) is 29.2 Å². The minimum absolute atomic E-state index is 0.0243. The van der Waals surface area contributed by atoms with E-state index in [1.54, 1.807) is 18.2 Å². The molecule has 106 valence electrons. The predicted molar refractivity (Wildman–Crippen MR) is 78.0 cm³/mol. The van der Waals surface area contributed by atoms with Crippen LogP contribution in [0, 0.1) is 5.92 Å². The summed E-state index contributed by atoms with van der Waals surface area (Å²) in [6.07, 6.45) is 2.91. The molecule has 2 rings (SSSR count). The molecule has 2 aromatic rings. The number of aromatic amines is 1. The first kappa shape index (κ1) is 14.1. The number of nitrogens with one attached hydrogen (secondary N) is 2. The van der Waals surface area contributed by atoms with E-state index in [0.29, 0.717) is 28.9 Å². The molecule has 1 aromatic heterocycles. The Morgan fingerprint density at radius 1 is 1.40 bits per heavy atom. The Balaban J connectivity index is 2.16. The van der Waals surface area contributed by atoms with Gasteiger partial charge in [-0.25, -0.2) is 4.79 Å². The van der Waals surface area contributed by atoms with Crippen LogP contribution in [0.1, 0.15) is 37.0 Å². The molecular weight excluding hydrogens is 256 g/mol. The maximum Gasteiger partial charge on any atom is 0.337 e. The maximum atomic E-state index is 11.8. The summed E-state index contributed by atoms with van der Waals surface area (Å²) in [7, 11) is 0. The van der Waals surface area contributed by atoms with Crippen molar-refractivity contribution in [1.29, 1.82) is 0 Å². The Bertz CT molecular complexity index is 646. The van der Waals surface area contributed by atoms with Gasteiger partial charge < -0.3 is 15.4 Å². The molecule has 0 saturated carbocycles. The van der Waals surface area contributed by atoms with Crippen molar-refractivity contribution in [1.82, 2.24) is 4.98 Å². The number of carboxylic acid groups (broad SMARTS) is 1. The van der Waals surface area contributed by atoms with E-state index in [2.05, 4.69) is 17.2 Å². The number of carboxylic acids is 1. The summed E-state index contributed by atoms with van der Waals surface area (Å²) in [6.45, 7) is 4.09. The lowest BCUT2D eigenvalue weighted by atomic mass is 10.0. The highest BCUT2D eigenvalue weighted by Gasteiger charge is 2.12.